The van der Waals surface area contributed by atoms with Crippen LogP contribution in [0.5, 0.6) is 0 Å². The third-order valence-corrected chi connectivity index (χ3v) is 6.33. The highest BCUT2D eigenvalue weighted by molar-refractivity contribution is 5.77. The first-order valence-electron chi connectivity index (χ1n) is 10.00. The summed E-state index contributed by atoms with van der Waals surface area (Å²) in [5.74, 6) is -1.49. The topological polar surface area (TPSA) is 108 Å². The lowest BCUT2D eigenvalue weighted by Crippen LogP contribution is -2.48. The maximum absolute atomic E-state index is 12.3. The summed E-state index contributed by atoms with van der Waals surface area (Å²) in [7, 11) is 0. The van der Waals surface area contributed by atoms with Gasteiger partial charge in [-0.3, -0.25) is 4.79 Å². The minimum atomic E-state index is -1.11. The number of aliphatic hydroxyl groups is 1. The van der Waals surface area contributed by atoms with E-state index in [9.17, 15) is 19.5 Å². The van der Waals surface area contributed by atoms with E-state index in [0.717, 1.165) is 19.3 Å². The van der Waals surface area contributed by atoms with E-state index in [-0.39, 0.29) is 18.0 Å². The van der Waals surface area contributed by atoms with Crippen molar-refractivity contribution >= 4 is 17.9 Å². The molecule has 0 radical (unpaired) electrons. The van der Waals surface area contributed by atoms with Gasteiger partial charge in [-0.15, -0.1) is 0 Å². The number of ether oxygens (including phenoxy) is 4. The van der Waals surface area contributed by atoms with E-state index < -0.39 is 42.5 Å². The van der Waals surface area contributed by atoms with Gasteiger partial charge in [0.15, 0.2) is 12.9 Å². The molecule has 2 aliphatic carbocycles. The summed E-state index contributed by atoms with van der Waals surface area (Å²) < 4.78 is 21.2. The predicted octanol–water partition coefficient (Wildman–Crippen LogP) is 1.72. The van der Waals surface area contributed by atoms with Crippen LogP contribution in [0.15, 0.2) is 0 Å². The maximum Gasteiger partial charge on any atom is 0.344 e. The molecule has 4 rings (SSSR count). The number of hydrogen-bond acceptors (Lipinski definition) is 8. The van der Waals surface area contributed by atoms with Crippen molar-refractivity contribution in [3.8, 4) is 0 Å². The molecule has 4 fully saturated rings. The first kappa shape index (κ1) is 21.0. The summed E-state index contributed by atoms with van der Waals surface area (Å²) in [5.41, 5.74) is -1.19. The fraction of sp³-hybridized carbons (Fsp3) is 0.850. The maximum atomic E-state index is 12.3. The number of carbonyl (C=O) groups excluding carboxylic acids is 3. The normalized spacial score (nSPS) is 32.4. The molecule has 4 bridgehead atoms. The van der Waals surface area contributed by atoms with Crippen molar-refractivity contribution in [3.05, 3.63) is 0 Å². The van der Waals surface area contributed by atoms with Gasteiger partial charge >= 0.3 is 17.9 Å². The Balaban J connectivity index is 1.46. The Morgan fingerprint density at radius 3 is 2.68 bits per heavy atom. The van der Waals surface area contributed by atoms with Crippen molar-refractivity contribution in [1.29, 1.82) is 0 Å². The molecule has 1 N–H and O–H groups in total. The van der Waals surface area contributed by atoms with Crippen LogP contribution in [0.1, 0.15) is 59.3 Å². The molecule has 158 valence electrons. The Kier molecular flexibility index (Phi) is 6.00. The molecule has 5 unspecified atom stereocenters. The fourth-order valence-electron chi connectivity index (χ4n) is 4.50. The number of fused-ring (bicyclic) bond motifs is 1. The van der Waals surface area contributed by atoms with Crippen LogP contribution in [0.2, 0.25) is 0 Å². The summed E-state index contributed by atoms with van der Waals surface area (Å²) in [6.07, 6.45) is 2.68. The Morgan fingerprint density at radius 2 is 1.96 bits per heavy atom. The largest absolute Gasteiger partial charge is 0.462 e. The second kappa shape index (κ2) is 7.99. The average Bonchev–Trinajstić information content (AvgIpc) is 2.78. The Bertz CT molecular complexity index is 630. The third-order valence-electron chi connectivity index (χ3n) is 6.33. The molecule has 2 aliphatic heterocycles. The van der Waals surface area contributed by atoms with Crippen LogP contribution in [0.25, 0.3) is 0 Å². The first-order valence-corrected chi connectivity index (χ1v) is 10.00. The lowest BCUT2D eigenvalue weighted by Gasteiger charge is -2.45. The van der Waals surface area contributed by atoms with Gasteiger partial charge in [-0.2, -0.15) is 0 Å². The van der Waals surface area contributed by atoms with E-state index in [1.54, 1.807) is 0 Å². The molecule has 0 aromatic heterocycles. The van der Waals surface area contributed by atoms with E-state index in [1.807, 2.05) is 20.8 Å². The van der Waals surface area contributed by atoms with Crippen LogP contribution in [-0.2, 0) is 33.3 Å². The average molecular weight is 398 g/mol. The van der Waals surface area contributed by atoms with Crippen LogP contribution >= 0.6 is 0 Å². The third kappa shape index (κ3) is 4.66. The highest BCUT2D eigenvalue weighted by Crippen LogP contribution is 2.51. The number of esters is 3. The number of rotatable bonds is 8. The molecule has 4 aliphatic rings. The van der Waals surface area contributed by atoms with E-state index in [4.69, 9.17) is 18.9 Å². The van der Waals surface area contributed by atoms with E-state index in [2.05, 4.69) is 0 Å². The van der Waals surface area contributed by atoms with Crippen molar-refractivity contribution in [1.82, 2.24) is 0 Å². The van der Waals surface area contributed by atoms with Gasteiger partial charge in [-0.05, 0) is 31.6 Å². The quantitative estimate of drug-likeness (QED) is 0.374. The molecule has 0 amide bonds. The van der Waals surface area contributed by atoms with Gasteiger partial charge < -0.3 is 24.1 Å². The molecular weight excluding hydrogens is 368 g/mol. The van der Waals surface area contributed by atoms with E-state index >= 15 is 0 Å². The van der Waals surface area contributed by atoms with E-state index in [0.29, 0.717) is 25.2 Å². The molecule has 0 spiro atoms. The van der Waals surface area contributed by atoms with Crippen LogP contribution in [0.4, 0.5) is 0 Å². The zero-order chi connectivity index (χ0) is 20.5. The standard InChI is InChI=1S/C20H30O8/c1-4-19(2,3)18(24)26-10-15(21)25-11-16(22)28-20-7-12-5-13(8-20)17(23)27-14(6-12)9-20/h12-14,18,24H,4-11H2,1-3H3. The summed E-state index contributed by atoms with van der Waals surface area (Å²) in [5, 5.41) is 9.93. The molecular formula is C20H30O8. The summed E-state index contributed by atoms with van der Waals surface area (Å²) >= 11 is 0. The minimum absolute atomic E-state index is 0.192. The molecule has 8 heteroatoms. The predicted molar refractivity (Wildman–Crippen MR) is 95.8 cm³/mol. The van der Waals surface area contributed by atoms with Crippen LogP contribution in [-0.4, -0.2) is 54.2 Å². The van der Waals surface area contributed by atoms with Gasteiger partial charge in [0.1, 0.15) is 18.3 Å². The van der Waals surface area contributed by atoms with Crippen molar-refractivity contribution < 1.29 is 38.4 Å². The summed E-state index contributed by atoms with van der Waals surface area (Å²) in [4.78, 5) is 36.1. The Morgan fingerprint density at radius 1 is 1.21 bits per heavy atom. The Labute approximate surface area is 164 Å². The van der Waals surface area contributed by atoms with E-state index in [1.165, 1.54) is 0 Å². The smallest absolute Gasteiger partial charge is 0.344 e. The number of aliphatic hydroxyl groups excluding tert-OH is 1. The van der Waals surface area contributed by atoms with Crippen molar-refractivity contribution in [2.75, 3.05) is 13.2 Å². The highest BCUT2D eigenvalue weighted by atomic mass is 16.6. The lowest BCUT2D eigenvalue weighted by atomic mass is 9.65. The van der Waals surface area contributed by atoms with Crippen LogP contribution in [0.3, 0.4) is 0 Å². The van der Waals surface area contributed by atoms with Gasteiger partial charge in [0.2, 0.25) is 0 Å². The van der Waals surface area contributed by atoms with Crippen molar-refractivity contribution in [3.63, 3.8) is 0 Å². The highest BCUT2D eigenvalue weighted by Gasteiger charge is 2.54. The van der Waals surface area contributed by atoms with Gasteiger partial charge in [-0.25, -0.2) is 9.59 Å². The molecule has 0 aromatic rings. The zero-order valence-electron chi connectivity index (χ0n) is 16.8. The molecule has 2 saturated heterocycles. The second-order valence-electron chi connectivity index (χ2n) is 9.03. The first-order chi connectivity index (χ1) is 13.1. The Hall–Kier alpha value is -1.67. The van der Waals surface area contributed by atoms with Gasteiger partial charge in [0, 0.05) is 18.3 Å². The molecule has 0 aromatic carbocycles. The van der Waals surface area contributed by atoms with Crippen LogP contribution in [0, 0.1) is 17.3 Å². The molecule has 5 atom stereocenters. The lowest BCUT2D eigenvalue weighted by molar-refractivity contribution is -0.191. The van der Waals surface area contributed by atoms with Crippen LogP contribution < -0.4 is 0 Å². The second-order valence-corrected chi connectivity index (χ2v) is 9.03. The summed E-state index contributed by atoms with van der Waals surface area (Å²) in [6, 6.07) is 0. The number of hydrogen-bond donors (Lipinski definition) is 1. The van der Waals surface area contributed by atoms with Crippen molar-refractivity contribution in [2.24, 2.45) is 17.3 Å². The van der Waals surface area contributed by atoms with Gasteiger partial charge in [0.25, 0.3) is 0 Å². The monoisotopic (exact) mass is 398 g/mol. The number of carbonyl (C=O) groups is 3. The summed E-state index contributed by atoms with van der Waals surface area (Å²) in [6.45, 7) is 4.58. The molecule has 2 heterocycles. The molecule has 28 heavy (non-hydrogen) atoms. The van der Waals surface area contributed by atoms with Gasteiger partial charge in [0.05, 0.1) is 5.92 Å². The van der Waals surface area contributed by atoms with Gasteiger partial charge in [-0.1, -0.05) is 20.8 Å². The minimum Gasteiger partial charge on any atom is -0.462 e. The molecule has 8 nitrogen and oxygen atoms in total. The zero-order valence-corrected chi connectivity index (χ0v) is 16.8. The fourth-order valence-corrected chi connectivity index (χ4v) is 4.50. The van der Waals surface area contributed by atoms with Crippen molar-refractivity contribution in [2.45, 2.75) is 77.3 Å². The SMILES string of the molecule is CCC(C)(C)C(O)OCC(=O)OCC(=O)OC12CC3CC(C1)OC(=O)C(C3)C2. The molecule has 2 saturated carbocycles.